The van der Waals surface area contributed by atoms with Crippen molar-refractivity contribution < 1.29 is 26.3 Å². The first-order chi connectivity index (χ1) is 28.8. The molecule has 6 heteroatoms. The zero-order valence-electron chi connectivity index (χ0n) is 34.5. The molecule has 3 aliphatic carbocycles. The largest absolute Gasteiger partial charge is 0.416 e. The van der Waals surface area contributed by atoms with Crippen LogP contribution in [0.1, 0.15) is 86.1 Å². The van der Waals surface area contributed by atoms with Gasteiger partial charge in [0.05, 0.1) is 11.1 Å². The molecule has 0 unspecified atom stereocenters. The van der Waals surface area contributed by atoms with Crippen LogP contribution in [0.15, 0.2) is 133 Å². The highest BCUT2D eigenvalue weighted by Gasteiger charge is 2.46. The molecule has 11 rings (SSSR count). The fourth-order valence-corrected chi connectivity index (χ4v) is 11.0. The highest BCUT2D eigenvalue weighted by Crippen LogP contribution is 2.61. The molecule has 0 amide bonds. The zero-order valence-corrected chi connectivity index (χ0v) is 34.5. The summed E-state index contributed by atoms with van der Waals surface area (Å²) in [5, 5.41) is 4.15. The van der Waals surface area contributed by atoms with Gasteiger partial charge in [0.15, 0.2) is 0 Å². The number of hydrogen-bond donors (Lipinski definition) is 0. The third-order valence-corrected chi connectivity index (χ3v) is 14.3. The lowest BCUT2D eigenvalue weighted by Gasteiger charge is -2.25. The summed E-state index contributed by atoms with van der Waals surface area (Å²) in [7, 11) is 0. The predicted molar refractivity (Wildman–Crippen MR) is 235 cm³/mol. The molecule has 0 nitrogen and oxygen atoms in total. The highest BCUT2D eigenvalue weighted by molar-refractivity contribution is 6.11. The lowest BCUT2D eigenvalue weighted by molar-refractivity contribution is -0.138. The first-order valence-corrected chi connectivity index (χ1v) is 20.6. The lowest BCUT2D eigenvalue weighted by Crippen LogP contribution is -2.17. The predicted octanol–water partition coefficient (Wildman–Crippen LogP) is 16.3. The molecule has 0 bridgehead atoms. The van der Waals surface area contributed by atoms with E-state index in [1.54, 1.807) is 24.3 Å². The molecule has 8 aromatic rings. The van der Waals surface area contributed by atoms with E-state index >= 15 is 0 Å². The van der Waals surface area contributed by atoms with Crippen LogP contribution in [0.2, 0.25) is 0 Å². The van der Waals surface area contributed by atoms with Crippen LogP contribution < -0.4 is 0 Å². The summed E-state index contributed by atoms with van der Waals surface area (Å²) in [6.07, 6.45) is -8.82. The van der Waals surface area contributed by atoms with E-state index in [0.29, 0.717) is 0 Å². The first kappa shape index (κ1) is 37.8. The molecular formula is C55H40F6. The molecule has 0 saturated heterocycles. The van der Waals surface area contributed by atoms with Crippen molar-refractivity contribution in [1.29, 1.82) is 0 Å². The third kappa shape index (κ3) is 5.14. The minimum atomic E-state index is -4.41. The number of rotatable bonds is 2. The van der Waals surface area contributed by atoms with Crippen molar-refractivity contribution in [1.82, 2.24) is 0 Å². The summed E-state index contributed by atoms with van der Waals surface area (Å²) in [4.78, 5) is 0. The topological polar surface area (TPSA) is 0 Å². The molecule has 0 aromatic heterocycles. The monoisotopic (exact) mass is 814 g/mol. The summed E-state index contributed by atoms with van der Waals surface area (Å²) in [5.41, 5.74) is 15.2. The van der Waals surface area contributed by atoms with Crippen LogP contribution in [0.5, 0.6) is 0 Å². The highest BCUT2D eigenvalue weighted by atomic mass is 19.4. The van der Waals surface area contributed by atoms with Crippen molar-refractivity contribution in [3.63, 3.8) is 0 Å². The van der Waals surface area contributed by atoms with E-state index in [1.807, 2.05) is 24.3 Å². The Labute approximate surface area is 350 Å². The average Bonchev–Trinajstić information content (AvgIpc) is 3.69. The normalized spacial score (nSPS) is 16.3. The first-order valence-electron chi connectivity index (χ1n) is 20.6. The second-order valence-electron chi connectivity index (χ2n) is 18.7. The van der Waals surface area contributed by atoms with Crippen molar-refractivity contribution in [2.45, 2.75) is 70.1 Å². The summed E-state index contributed by atoms with van der Waals surface area (Å²) < 4.78 is 81.4. The molecule has 0 radical (unpaired) electrons. The van der Waals surface area contributed by atoms with Gasteiger partial charge in [-0.05, 0) is 171 Å². The van der Waals surface area contributed by atoms with Gasteiger partial charge in [-0.2, -0.15) is 26.3 Å². The number of benzene rings is 8. The standard InChI is InChI=1S/C55H40F6/c1-51(2)43-27-41-45(52(3,4)47-23-37(33-11-7-9-13-35(33)49(41)47)29-15-19-31(20-16-29)54(56,57)58)25-39(43)40-26-46-42(28-44(40)51)50-36-14-10-8-12-34(36)38(24-48(50)53(46,5)6)30-17-21-32(22-18-30)55(59,60)61/h7-28H,1-6H3. The molecule has 8 aromatic carbocycles. The Kier molecular flexibility index (Phi) is 7.46. The SMILES string of the molecule is CC1(C)c2cc3c(cc2-c2cc4c(cc21)-c1c(cc(-c2ccc(C(F)(F)F)cc2)c2ccccc12)C4(C)C)C(C)(C)c1cc(-c2ccc(C(F)(F)F)cc2)c2ccccc2c1-3. The van der Waals surface area contributed by atoms with E-state index in [-0.39, 0.29) is 5.41 Å². The Morgan fingerprint density at radius 3 is 0.934 bits per heavy atom. The van der Waals surface area contributed by atoms with Crippen molar-refractivity contribution >= 4 is 21.5 Å². The molecule has 0 aliphatic heterocycles. The van der Waals surface area contributed by atoms with Gasteiger partial charge in [0.2, 0.25) is 0 Å². The van der Waals surface area contributed by atoms with Crippen molar-refractivity contribution in [2.75, 3.05) is 0 Å². The number of hydrogen-bond acceptors (Lipinski definition) is 0. The van der Waals surface area contributed by atoms with Crippen LogP contribution in [-0.2, 0) is 28.6 Å². The van der Waals surface area contributed by atoms with E-state index in [4.69, 9.17) is 0 Å². The smallest absolute Gasteiger partial charge is 0.166 e. The van der Waals surface area contributed by atoms with Crippen LogP contribution in [-0.4, -0.2) is 0 Å². The van der Waals surface area contributed by atoms with Gasteiger partial charge in [-0.25, -0.2) is 0 Å². The van der Waals surface area contributed by atoms with Gasteiger partial charge in [-0.15, -0.1) is 0 Å². The molecular weight excluding hydrogens is 775 g/mol. The van der Waals surface area contributed by atoms with E-state index in [1.165, 1.54) is 79.9 Å². The zero-order chi connectivity index (χ0) is 42.8. The maximum atomic E-state index is 13.6. The fraction of sp³-hybridized carbons (Fsp3) is 0.200. The molecule has 302 valence electrons. The Bertz CT molecular complexity index is 2990. The van der Waals surface area contributed by atoms with Crippen LogP contribution in [0, 0.1) is 0 Å². The number of alkyl halides is 6. The van der Waals surface area contributed by atoms with Gasteiger partial charge in [0.1, 0.15) is 0 Å². The molecule has 0 fully saturated rings. The quantitative estimate of drug-likeness (QED) is 0.153. The Morgan fingerprint density at radius 1 is 0.311 bits per heavy atom. The van der Waals surface area contributed by atoms with E-state index < -0.39 is 34.3 Å². The van der Waals surface area contributed by atoms with Crippen LogP contribution >= 0.6 is 0 Å². The van der Waals surface area contributed by atoms with Gasteiger partial charge in [0.25, 0.3) is 0 Å². The van der Waals surface area contributed by atoms with E-state index in [9.17, 15) is 26.3 Å². The van der Waals surface area contributed by atoms with Gasteiger partial charge in [-0.3, -0.25) is 0 Å². The molecule has 0 spiro atoms. The maximum absolute atomic E-state index is 13.6. The Balaban J connectivity index is 1.07. The summed E-state index contributed by atoms with van der Waals surface area (Å²) >= 11 is 0. The molecule has 0 N–H and O–H groups in total. The summed E-state index contributed by atoms with van der Waals surface area (Å²) in [6, 6.07) is 41.4. The molecule has 61 heavy (non-hydrogen) atoms. The number of halogens is 6. The van der Waals surface area contributed by atoms with Gasteiger partial charge >= 0.3 is 12.4 Å². The minimum Gasteiger partial charge on any atom is -0.166 e. The van der Waals surface area contributed by atoms with E-state index in [0.717, 1.165) is 54.9 Å². The molecule has 0 heterocycles. The van der Waals surface area contributed by atoms with Crippen LogP contribution in [0.3, 0.4) is 0 Å². The van der Waals surface area contributed by atoms with Gasteiger partial charge in [-0.1, -0.05) is 114 Å². The van der Waals surface area contributed by atoms with Crippen molar-refractivity contribution in [3.8, 4) is 55.6 Å². The summed E-state index contributed by atoms with van der Waals surface area (Å²) in [6.45, 7) is 13.6. The molecule has 0 saturated carbocycles. The second-order valence-corrected chi connectivity index (χ2v) is 18.7. The van der Waals surface area contributed by atoms with Gasteiger partial charge < -0.3 is 0 Å². The molecule has 0 atom stereocenters. The van der Waals surface area contributed by atoms with Crippen molar-refractivity contribution in [3.05, 3.63) is 178 Å². The van der Waals surface area contributed by atoms with Crippen LogP contribution in [0.25, 0.3) is 77.2 Å². The Hall–Kier alpha value is -6.14. The average molecular weight is 815 g/mol. The third-order valence-electron chi connectivity index (χ3n) is 14.3. The Morgan fingerprint density at radius 2 is 0.590 bits per heavy atom. The minimum absolute atomic E-state index is 0.347. The van der Waals surface area contributed by atoms with Crippen molar-refractivity contribution in [2.24, 2.45) is 0 Å². The number of fused-ring (bicyclic) bond motifs is 13. The summed E-state index contributed by atoms with van der Waals surface area (Å²) in [5.74, 6) is 0. The molecule has 3 aliphatic rings. The van der Waals surface area contributed by atoms with Gasteiger partial charge in [0, 0.05) is 16.2 Å². The van der Waals surface area contributed by atoms with E-state index in [2.05, 4.69) is 102 Å². The maximum Gasteiger partial charge on any atom is 0.416 e. The fourth-order valence-electron chi connectivity index (χ4n) is 11.0. The van der Waals surface area contributed by atoms with Crippen LogP contribution in [0.4, 0.5) is 26.3 Å². The second kappa shape index (κ2) is 12.0. The lowest BCUT2D eigenvalue weighted by atomic mass is 9.78.